The minimum Gasteiger partial charge on any atom is -0.497 e. The standard InChI is InChI=1S/C21H21N3O4/c1-26-17-5-2-15(3-6-17)18(13-22)23-8-10-24(11-9-23)21(25)16-4-7-19-20(12-16)28-14-27-19/h2-7,12,18H,8-11,14H2,1H3. The van der Waals surface area contributed by atoms with E-state index in [9.17, 15) is 10.1 Å². The zero-order chi connectivity index (χ0) is 19.5. The Morgan fingerprint density at radius 3 is 2.46 bits per heavy atom. The number of benzene rings is 2. The first-order chi connectivity index (χ1) is 13.7. The fourth-order valence-electron chi connectivity index (χ4n) is 3.55. The number of carbonyl (C=O) groups excluding carboxylic acids is 1. The van der Waals surface area contributed by atoms with Crippen molar-refractivity contribution in [1.82, 2.24) is 9.80 Å². The summed E-state index contributed by atoms with van der Waals surface area (Å²) in [7, 11) is 1.62. The summed E-state index contributed by atoms with van der Waals surface area (Å²) in [4.78, 5) is 16.7. The second kappa shape index (κ2) is 7.79. The van der Waals surface area contributed by atoms with Crippen LogP contribution in [0.4, 0.5) is 0 Å². The zero-order valence-electron chi connectivity index (χ0n) is 15.6. The molecule has 1 fully saturated rings. The molecule has 0 aromatic heterocycles. The van der Waals surface area contributed by atoms with Gasteiger partial charge >= 0.3 is 0 Å². The van der Waals surface area contributed by atoms with Crippen LogP contribution in [0, 0.1) is 11.3 Å². The molecule has 2 aliphatic rings. The van der Waals surface area contributed by atoms with Crippen molar-refractivity contribution in [2.24, 2.45) is 0 Å². The molecule has 1 amide bonds. The maximum atomic E-state index is 12.8. The second-order valence-electron chi connectivity index (χ2n) is 6.70. The third kappa shape index (κ3) is 3.47. The van der Waals surface area contributed by atoms with Crippen LogP contribution in [0.25, 0.3) is 0 Å². The molecule has 1 atom stereocenters. The Kier molecular flexibility index (Phi) is 5.04. The quantitative estimate of drug-likeness (QED) is 0.812. The van der Waals surface area contributed by atoms with Crippen molar-refractivity contribution in [1.29, 1.82) is 5.26 Å². The lowest BCUT2D eigenvalue weighted by Gasteiger charge is -2.37. The van der Waals surface area contributed by atoms with Gasteiger partial charge in [-0.25, -0.2) is 0 Å². The van der Waals surface area contributed by atoms with E-state index in [-0.39, 0.29) is 18.7 Å². The summed E-state index contributed by atoms with van der Waals surface area (Å²) < 4.78 is 15.8. The number of ether oxygens (including phenoxy) is 3. The Labute approximate surface area is 163 Å². The van der Waals surface area contributed by atoms with E-state index in [4.69, 9.17) is 14.2 Å². The summed E-state index contributed by atoms with van der Waals surface area (Å²) in [5, 5.41) is 9.67. The van der Waals surface area contributed by atoms with E-state index in [1.165, 1.54) is 0 Å². The van der Waals surface area contributed by atoms with Gasteiger partial charge in [0.25, 0.3) is 5.91 Å². The molecule has 7 nitrogen and oxygen atoms in total. The zero-order valence-corrected chi connectivity index (χ0v) is 15.6. The molecule has 144 valence electrons. The molecular weight excluding hydrogens is 358 g/mol. The van der Waals surface area contributed by atoms with E-state index < -0.39 is 0 Å². The Morgan fingerprint density at radius 1 is 1.07 bits per heavy atom. The predicted molar refractivity (Wildman–Crippen MR) is 101 cm³/mol. The molecule has 0 aliphatic carbocycles. The number of hydrogen-bond donors (Lipinski definition) is 0. The van der Waals surface area contributed by atoms with E-state index in [1.807, 2.05) is 29.2 Å². The van der Waals surface area contributed by atoms with Gasteiger partial charge < -0.3 is 19.1 Å². The largest absolute Gasteiger partial charge is 0.497 e. The minimum atomic E-state index is -0.339. The summed E-state index contributed by atoms with van der Waals surface area (Å²) in [6.07, 6.45) is 0. The summed E-state index contributed by atoms with van der Waals surface area (Å²) in [6.45, 7) is 2.61. The maximum Gasteiger partial charge on any atom is 0.254 e. The monoisotopic (exact) mass is 379 g/mol. The van der Waals surface area contributed by atoms with Gasteiger partial charge in [0.1, 0.15) is 11.8 Å². The van der Waals surface area contributed by atoms with Crippen molar-refractivity contribution >= 4 is 5.91 Å². The number of nitriles is 1. The summed E-state index contributed by atoms with van der Waals surface area (Å²) in [6, 6.07) is 14.8. The van der Waals surface area contributed by atoms with Gasteiger partial charge in [-0.15, -0.1) is 0 Å². The van der Waals surface area contributed by atoms with Crippen LogP contribution < -0.4 is 14.2 Å². The van der Waals surface area contributed by atoms with E-state index in [2.05, 4.69) is 11.0 Å². The van der Waals surface area contributed by atoms with E-state index in [0.29, 0.717) is 43.2 Å². The summed E-state index contributed by atoms with van der Waals surface area (Å²) in [5.41, 5.74) is 1.52. The van der Waals surface area contributed by atoms with Gasteiger partial charge in [0.05, 0.1) is 13.2 Å². The molecule has 0 saturated carbocycles. The normalized spacial score (nSPS) is 17.1. The molecule has 2 heterocycles. The molecule has 28 heavy (non-hydrogen) atoms. The van der Waals surface area contributed by atoms with Gasteiger partial charge in [-0.2, -0.15) is 5.26 Å². The lowest BCUT2D eigenvalue weighted by Crippen LogP contribution is -2.49. The summed E-state index contributed by atoms with van der Waals surface area (Å²) in [5.74, 6) is 2.00. The molecule has 7 heteroatoms. The molecule has 2 aromatic carbocycles. The van der Waals surface area contributed by atoms with E-state index in [0.717, 1.165) is 11.3 Å². The van der Waals surface area contributed by atoms with Crippen LogP contribution in [0.15, 0.2) is 42.5 Å². The Hall–Kier alpha value is -3.24. The molecule has 0 spiro atoms. The molecule has 1 unspecified atom stereocenters. The minimum absolute atomic E-state index is 0.0316. The molecule has 1 saturated heterocycles. The van der Waals surface area contributed by atoms with Crippen molar-refractivity contribution in [3.05, 3.63) is 53.6 Å². The van der Waals surface area contributed by atoms with Gasteiger partial charge in [-0.1, -0.05) is 12.1 Å². The smallest absolute Gasteiger partial charge is 0.254 e. The highest BCUT2D eigenvalue weighted by Crippen LogP contribution is 2.33. The Bertz CT molecular complexity index is 899. The van der Waals surface area contributed by atoms with Crippen LogP contribution in [-0.4, -0.2) is 55.8 Å². The van der Waals surface area contributed by atoms with Crippen molar-refractivity contribution in [3.63, 3.8) is 0 Å². The van der Waals surface area contributed by atoms with Crippen LogP contribution in [0.1, 0.15) is 22.0 Å². The Balaban J connectivity index is 1.40. The first kappa shape index (κ1) is 18.1. The molecule has 2 aliphatic heterocycles. The number of carbonyl (C=O) groups is 1. The number of nitrogens with zero attached hydrogens (tertiary/aromatic N) is 3. The van der Waals surface area contributed by atoms with E-state index in [1.54, 1.807) is 25.3 Å². The topological polar surface area (TPSA) is 75.0 Å². The van der Waals surface area contributed by atoms with Crippen molar-refractivity contribution in [2.75, 3.05) is 40.1 Å². The number of methoxy groups -OCH3 is 1. The average Bonchev–Trinajstić information content (AvgIpc) is 3.22. The maximum absolute atomic E-state index is 12.8. The van der Waals surface area contributed by atoms with E-state index >= 15 is 0 Å². The fourth-order valence-corrected chi connectivity index (χ4v) is 3.55. The molecule has 0 radical (unpaired) electrons. The third-order valence-electron chi connectivity index (χ3n) is 5.14. The molecular formula is C21H21N3O4. The highest BCUT2D eigenvalue weighted by atomic mass is 16.7. The van der Waals surface area contributed by atoms with Gasteiger partial charge in [-0.05, 0) is 35.9 Å². The highest BCUT2D eigenvalue weighted by molar-refractivity contribution is 5.95. The average molecular weight is 379 g/mol. The number of hydrogen-bond acceptors (Lipinski definition) is 6. The molecule has 2 aromatic rings. The van der Waals surface area contributed by atoms with Crippen LogP contribution in [0.5, 0.6) is 17.2 Å². The number of piperazine rings is 1. The molecule has 4 rings (SSSR count). The molecule has 0 N–H and O–H groups in total. The third-order valence-corrected chi connectivity index (χ3v) is 5.14. The van der Waals surface area contributed by atoms with Crippen LogP contribution >= 0.6 is 0 Å². The SMILES string of the molecule is COc1ccc(C(C#N)N2CCN(C(=O)c3ccc4c(c3)OCO4)CC2)cc1. The second-order valence-corrected chi connectivity index (χ2v) is 6.70. The number of amides is 1. The van der Waals surface area contributed by atoms with Crippen molar-refractivity contribution < 1.29 is 19.0 Å². The summed E-state index contributed by atoms with van der Waals surface area (Å²) >= 11 is 0. The lowest BCUT2D eigenvalue weighted by atomic mass is 10.1. The Morgan fingerprint density at radius 2 is 1.79 bits per heavy atom. The van der Waals surface area contributed by atoms with Crippen LogP contribution in [0.2, 0.25) is 0 Å². The molecule has 0 bridgehead atoms. The van der Waals surface area contributed by atoms with Crippen LogP contribution in [0.3, 0.4) is 0 Å². The lowest BCUT2D eigenvalue weighted by molar-refractivity contribution is 0.0606. The predicted octanol–water partition coefficient (Wildman–Crippen LogP) is 2.45. The highest BCUT2D eigenvalue weighted by Gasteiger charge is 2.28. The van der Waals surface area contributed by atoms with Gasteiger partial charge in [0, 0.05) is 31.7 Å². The van der Waals surface area contributed by atoms with Crippen molar-refractivity contribution in [2.45, 2.75) is 6.04 Å². The first-order valence-electron chi connectivity index (χ1n) is 9.16. The van der Waals surface area contributed by atoms with Crippen LogP contribution in [-0.2, 0) is 0 Å². The van der Waals surface area contributed by atoms with Gasteiger partial charge in [0.15, 0.2) is 11.5 Å². The van der Waals surface area contributed by atoms with Gasteiger partial charge in [0.2, 0.25) is 6.79 Å². The van der Waals surface area contributed by atoms with Crippen molar-refractivity contribution in [3.8, 4) is 23.3 Å². The van der Waals surface area contributed by atoms with Gasteiger partial charge in [-0.3, -0.25) is 9.69 Å². The number of fused-ring (bicyclic) bond motifs is 1. The first-order valence-corrected chi connectivity index (χ1v) is 9.16. The number of rotatable bonds is 4. The fraction of sp³-hybridized carbons (Fsp3) is 0.333.